The summed E-state index contributed by atoms with van der Waals surface area (Å²) in [6.45, 7) is 5.78. The van der Waals surface area contributed by atoms with Crippen LogP contribution in [0.1, 0.15) is 37.6 Å². The molecule has 0 radical (unpaired) electrons. The maximum atomic E-state index is 11.6. The zero-order chi connectivity index (χ0) is 15.9. The molecule has 1 rings (SSSR count). The molecule has 0 aromatic carbocycles. The van der Waals surface area contributed by atoms with Gasteiger partial charge < -0.3 is 16.0 Å². The highest BCUT2D eigenvalue weighted by atomic mass is 32.1. The third kappa shape index (κ3) is 7.45. The first-order valence-electron chi connectivity index (χ1n) is 6.66. The summed E-state index contributed by atoms with van der Waals surface area (Å²) >= 11 is 1.44. The van der Waals surface area contributed by atoms with Crippen LogP contribution in [0, 0.1) is 0 Å². The molecule has 0 aliphatic rings. The van der Waals surface area contributed by atoms with Crippen molar-refractivity contribution in [2.45, 2.75) is 32.7 Å². The Kier molecular flexibility index (Phi) is 6.36. The molecule has 3 N–H and O–H groups in total. The quantitative estimate of drug-likeness (QED) is 0.729. The number of rotatable bonds is 6. The lowest BCUT2D eigenvalue weighted by molar-refractivity contribution is -0.126. The molecule has 3 amide bonds. The first kappa shape index (κ1) is 17.2. The summed E-state index contributed by atoms with van der Waals surface area (Å²) in [7, 11) is 0. The maximum absolute atomic E-state index is 11.6. The van der Waals surface area contributed by atoms with Gasteiger partial charge in [0, 0.05) is 29.4 Å². The first-order valence-corrected chi connectivity index (χ1v) is 7.60. The van der Waals surface area contributed by atoms with Gasteiger partial charge in [0.2, 0.25) is 11.8 Å². The van der Waals surface area contributed by atoms with Crippen molar-refractivity contribution in [3.8, 4) is 0 Å². The van der Waals surface area contributed by atoms with E-state index >= 15 is 0 Å². The number of carbonyl (C=O) groups is 3. The fraction of sp³-hybridized carbons (Fsp3) is 0.500. The minimum Gasteiger partial charge on any atom is -0.351 e. The standard InChI is InChI=1S/C14H21N3O3S/c1-14(2,3)17-12(19)8-16-11(18)4-6-15-13(20)10-5-7-21-9-10/h5,7,9H,4,6,8H2,1-3H3,(H,15,20)(H,16,18)(H,17,19). The van der Waals surface area contributed by atoms with Crippen LogP contribution in [-0.2, 0) is 9.59 Å². The fourth-order valence-corrected chi connectivity index (χ4v) is 2.15. The van der Waals surface area contributed by atoms with E-state index in [2.05, 4.69) is 16.0 Å². The van der Waals surface area contributed by atoms with Crippen molar-refractivity contribution in [3.05, 3.63) is 22.4 Å². The van der Waals surface area contributed by atoms with Gasteiger partial charge in [-0.3, -0.25) is 14.4 Å². The lowest BCUT2D eigenvalue weighted by Gasteiger charge is -2.20. The second-order valence-corrected chi connectivity index (χ2v) is 6.37. The van der Waals surface area contributed by atoms with Crippen LogP contribution in [0.3, 0.4) is 0 Å². The molecule has 116 valence electrons. The largest absolute Gasteiger partial charge is 0.351 e. The molecule has 0 saturated heterocycles. The Bertz CT molecular complexity index is 492. The van der Waals surface area contributed by atoms with Gasteiger partial charge in [0.15, 0.2) is 0 Å². The summed E-state index contributed by atoms with van der Waals surface area (Å²) in [6.07, 6.45) is 0.138. The Hall–Kier alpha value is -1.89. The van der Waals surface area contributed by atoms with Crippen molar-refractivity contribution in [2.24, 2.45) is 0 Å². The number of hydrogen-bond donors (Lipinski definition) is 3. The molecule has 1 aromatic heterocycles. The zero-order valence-electron chi connectivity index (χ0n) is 12.5. The van der Waals surface area contributed by atoms with Crippen molar-refractivity contribution >= 4 is 29.1 Å². The molecule has 0 bridgehead atoms. The fourth-order valence-electron chi connectivity index (χ4n) is 1.51. The average molecular weight is 311 g/mol. The van der Waals surface area contributed by atoms with E-state index in [4.69, 9.17) is 0 Å². The Morgan fingerprint density at radius 2 is 1.86 bits per heavy atom. The van der Waals surface area contributed by atoms with Crippen molar-refractivity contribution in [3.63, 3.8) is 0 Å². The number of carbonyl (C=O) groups excluding carboxylic acids is 3. The van der Waals surface area contributed by atoms with Crippen LogP contribution in [0.4, 0.5) is 0 Å². The molecule has 0 atom stereocenters. The molecule has 0 aliphatic carbocycles. The minimum absolute atomic E-state index is 0.0609. The van der Waals surface area contributed by atoms with Crippen molar-refractivity contribution < 1.29 is 14.4 Å². The molecule has 0 unspecified atom stereocenters. The van der Waals surface area contributed by atoms with E-state index in [1.54, 1.807) is 11.4 Å². The van der Waals surface area contributed by atoms with Crippen LogP contribution in [0.2, 0.25) is 0 Å². The number of thiophene rings is 1. The van der Waals surface area contributed by atoms with E-state index in [-0.39, 0.29) is 42.8 Å². The minimum atomic E-state index is -0.323. The number of hydrogen-bond acceptors (Lipinski definition) is 4. The molecule has 1 aromatic rings. The van der Waals surface area contributed by atoms with E-state index in [0.717, 1.165) is 0 Å². The highest BCUT2D eigenvalue weighted by molar-refractivity contribution is 7.08. The number of amides is 3. The van der Waals surface area contributed by atoms with Gasteiger partial charge in [-0.1, -0.05) is 0 Å². The van der Waals surface area contributed by atoms with Gasteiger partial charge in [0.05, 0.1) is 6.54 Å². The summed E-state index contributed by atoms with van der Waals surface area (Å²) < 4.78 is 0. The Morgan fingerprint density at radius 1 is 1.14 bits per heavy atom. The lowest BCUT2D eigenvalue weighted by Crippen LogP contribution is -2.46. The molecular weight excluding hydrogens is 290 g/mol. The molecule has 21 heavy (non-hydrogen) atoms. The second-order valence-electron chi connectivity index (χ2n) is 5.59. The van der Waals surface area contributed by atoms with Crippen molar-refractivity contribution in [2.75, 3.05) is 13.1 Å². The Labute approximate surface area is 128 Å². The van der Waals surface area contributed by atoms with Gasteiger partial charge in [-0.15, -0.1) is 0 Å². The van der Waals surface area contributed by atoms with E-state index in [0.29, 0.717) is 5.56 Å². The van der Waals surface area contributed by atoms with Crippen LogP contribution in [0.5, 0.6) is 0 Å². The van der Waals surface area contributed by atoms with Crippen molar-refractivity contribution in [1.82, 2.24) is 16.0 Å². The van der Waals surface area contributed by atoms with Gasteiger partial charge >= 0.3 is 0 Å². The molecule has 0 aliphatic heterocycles. The van der Waals surface area contributed by atoms with E-state index in [1.165, 1.54) is 11.3 Å². The van der Waals surface area contributed by atoms with Crippen LogP contribution < -0.4 is 16.0 Å². The van der Waals surface area contributed by atoms with Gasteiger partial charge in [0.25, 0.3) is 5.91 Å². The Morgan fingerprint density at radius 3 is 2.43 bits per heavy atom. The second kappa shape index (κ2) is 7.78. The molecule has 0 fully saturated rings. The van der Waals surface area contributed by atoms with Gasteiger partial charge in [-0.2, -0.15) is 11.3 Å². The smallest absolute Gasteiger partial charge is 0.252 e. The molecule has 1 heterocycles. The molecular formula is C14H21N3O3S. The number of nitrogens with one attached hydrogen (secondary N) is 3. The normalized spacial score (nSPS) is 10.8. The van der Waals surface area contributed by atoms with Gasteiger partial charge in [0.1, 0.15) is 0 Å². The predicted octanol–water partition coefficient (Wildman–Crippen LogP) is 0.899. The topological polar surface area (TPSA) is 87.3 Å². The van der Waals surface area contributed by atoms with E-state index in [9.17, 15) is 14.4 Å². The van der Waals surface area contributed by atoms with Crippen molar-refractivity contribution in [1.29, 1.82) is 0 Å². The third-order valence-corrected chi connectivity index (χ3v) is 3.06. The molecule has 6 nitrogen and oxygen atoms in total. The maximum Gasteiger partial charge on any atom is 0.252 e. The highest BCUT2D eigenvalue weighted by Gasteiger charge is 2.14. The SMILES string of the molecule is CC(C)(C)NC(=O)CNC(=O)CCNC(=O)c1ccsc1. The summed E-state index contributed by atoms with van der Waals surface area (Å²) in [5.41, 5.74) is 0.265. The lowest BCUT2D eigenvalue weighted by atomic mass is 10.1. The summed E-state index contributed by atoms with van der Waals surface area (Å²) in [5, 5.41) is 11.5. The monoisotopic (exact) mass is 311 g/mol. The molecule has 0 spiro atoms. The average Bonchev–Trinajstić information content (AvgIpc) is 2.88. The van der Waals surface area contributed by atoms with Gasteiger partial charge in [-0.05, 0) is 32.2 Å². The molecule has 0 saturated carbocycles. The summed E-state index contributed by atoms with van der Waals surface area (Å²) in [5.74, 6) is -0.711. The predicted molar refractivity (Wildman–Crippen MR) is 82.2 cm³/mol. The summed E-state index contributed by atoms with van der Waals surface area (Å²) in [6, 6.07) is 1.72. The van der Waals surface area contributed by atoms with Gasteiger partial charge in [-0.25, -0.2) is 0 Å². The highest BCUT2D eigenvalue weighted by Crippen LogP contribution is 2.05. The van der Waals surface area contributed by atoms with Crippen LogP contribution >= 0.6 is 11.3 Å². The van der Waals surface area contributed by atoms with E-state index < -0.39 is 0 Å². The van der Waals surface area contributed by atoms with Crippen LogP contribution in [-0.4, -0.2) is 36.3 Å². The Balaban J connectivity index is 2.17. The van der Waals surface area contributed by atoms with Crippen LogP contribution in [0.25, 0.3) is 0 Å². The summed E-state index contributed by atoms with van der Waals surface area (Å²) in [4.78, 5) is 34.7. The van der Waals surface area contributed by atoms with E-state index in [1.807, 2.05) is 26.2 Å². The molecule has 7 heteroatoms. The first-order chi connectivity index (χ1) is 9.78. The van der Waals surface area contributed by atoms with Crippen LogP contribution in [0.15, 0.2) is 16.8 Å². The zero-order valence-corrected chi connectivity index (χ0v) is 13.3. The third-order valence-electron chi connectivity index (χ3n) is 2.38.